The summed E-state index contributed by atoms with van der Waals surface area (Å²) < 4.78 is 17.7. The van der Waals surface area contributed by atoms with E-state index in [1.165, 1.54) is 12.8 Å². The third-order valence-electron chi connectivity index (χ3n) is 6.31. The van der Waals surface area contributed by atoms with Crippen LogP contribution in [0, 0.1) is 5.92 Å². The fourth-order valence-corrected chi connectivity index (χ4v) is 4.60. The van der Waals surface area contributed by atoms with Gasteiger partial charge >= 0.3 is 0 Å². The zero-order valence-corrected chi connectivity index (χ0v) is 17.1. The molecule has 0 radical (unpaired) electrons. The fourth-order valence-electron chi connectivity index (χ4n) is 4.60. The monoisotopic (exact) mass is 408 g/mol. The Balaban J connectivity index is 1.17. The van der Waals surface area contributed by atoms with Crippen molar-refractivity contribution in [3.63, 3.8) is 0 Å². The van der Waals surface area contributed by atoms with Crippen molar-refractivity contribution in [1.29, 1.82) is 0 Å². The van der Waals surface area contributed by atoms with E-state index in [9.17, 15) is 4.79 Å². The lowest BCUT2D eigenvalue weighted by Crippen LogP contribution is -2.57. The van der Waals surface area contributed by atoms with Crippen LogP contribution in [0.1, 0.15) is 28.8 Å². The average molecular weight is 408 g/mol. The summed E-state index contributed by atoms with van der Waals surface area (Å²) in [5.74, 6) is 1.84. The predicted molar refractivity (Wildman–Crippen MR) is 113 cm³/mol. The number of hydrogen-bond donors (Lipinski definition) is 1. The molecule has 1 N–H and O–H groups in total. The number of benzene rings is 2. The molecule has 4 aliphatic rings. The van der Waals surface area contributed by atoms with Crippen LogP contribution in [0.2, 0.25) is 0 Å². The van der Waals surface area contributed by atoms with E-state index >= 15 is 0 Å². The molecule has 3 saturated heterocycles. The second-order valence-corrected chi connectivity index (χ2v) is 8.43. The van der Waals surface area contributed by atoms with E-state index in [0.29, 0.717) is 42.8 Å². The predicted octanol–water partition coefficient (Wildman–Crippen LogP) is 2.87. The molecule has 6 rings (SSSR count). The van der Waals surface area contributed by atoms with Crippen molar-refractivity contribution in [2.75, 3.05) is 32.8 Å². The fraction of sp³-hybridized carbons (Fsp3) is 0.458. The third-order valence-corrected chi connectivity index (χ3v) is 6.31. The Morgan fingerprint density at radius 1 is 1.10 bits per heavy atom. The van der Waals surface area contributed by atoms with Gasteiger partial charge < -0.3 is 24.4 Å². The third kappa shape index (κ3) is 4.30. The molecule has 2 atom stereocenters. The van der Waals surface area contributed by atoms with E-state index in [1.807, 2.05) is 42.5 Å². The van der Waals surface area contributed by atoms with E-state index in [2.05, 4.69) is 10.2 Å². The highest BCUT2D eigenvalue weighted by Gasteiger charge is 2.35. The Hall–Kier alpha value is -2.57. The van der Waals surface area contributed by atoms with Crippen molar-refractivity contribution >= 4 is 5.91 Å². The lowest BCUT2D eigenvalue weighted by atomic mass is 9.84. The minimum absolute atomic E-state index is 0.0393. The van der Waals surface area contributed by atoms with Crippen LogP contribution in [-0.4, -0.2) is 55.8 Å². The van der Waals surface area contributed by atoms with Crippen molar-refractivity contribution in [2.45, 2.75) is 31.6 Å². The summed E-state index contributed by atoms with van der Waals surface area (Å²) in [5.41, 5.74) is 1.74. The van der Waals surface area contributed by atoms with Crippen molar-refractivity contribution in [3.05, 3.63) is 59.7 Å². The van der Waals surface area contributed by atoms with E-state index in [4.69, 9.17) is 14.2 Å². The first-order valence-electron chi connectivity index (χ1n) is 10.8. The molecule has 0 aromatic heterocycles. The maximum absolute atomic E-state index is 12.8. The highest BCUT2D eigenvalue weighted by molar-refractivity contribution is 5.95. The maximum atomic E-state index is 12.8. The van der Waals surface area contributed by atoms with E-state index in [0.717, 1.165) is 25.2 Å². The van der Waals surface area contributed by atoms with Gasteiger partial charge in [0, 0.05) is 18.2 Å². The molecule has 2 unspecified atom stereocenters. The molecule has 30 heavy (non-hydrogen) atoms. The first-order valence-corrected chi connectivity index (χ1v) is 10.8. The van der Waals surface area contributed by atoms with Crippen LogP contribution in [-0.2, 0) is 11.3 Å². The summed E-state index contributed by atoms with van der Waals surface area (Å²) in [4.78, 5) is 15.3. The topological polar surface area (TPSA) is 60.0 Å². The summed E-state index contributed by atoms with van der Waals surface area (Å²) in [7, 11) is 0. The minimum Gasteiger partial charge on any atom is -0.486 e. The molecule has 0 aliphatic carbocycles. The Kier molecular flexibility index (Phi) is 5.60. The van der Waals surface area contributed by atoms with Crippen LogP contribution in [0.3, 0.4) is 0 Å². The van der Waals surface area contributed by atoms with Gasteiger partial charge in [0.1, 0.15) is 6.61 Å². The molecule has 4 heterocycles. The van der Waals surface area contributed by atoms with Crippen LogP contribution in [0.25, 0.3) is 0 Å². The van der Waals surface area contributed by atoms with Crippen LogP contribution >= 0.6 is 0 Å². The van der Waals surface area contributed by atoms with Crippen LogP contribution in [0.4, 0.5) is 0 Å². The lowest BCUT2D eigenvalue weighted by molar-refractivity contribution is 0.00266. The van der Waals surface area contributed by atoms with Crippen LogP contribution in [0.15, 0.2) is 48.5 Å². The molecule has 0 spiro atoms. The summed E-state index contributed by atoms with van der Waals surface area (Å²) in [6.45, 7) is 4.69. The molecule has 4 aliphatic heterocycles. The molecule has 3 fully saturated rings. The molecule has 6 heteroatoms. The Morgan fingerprint density at radius 2 is 1.93 bits per heavy atom. The number of rotatable bonds is 6. The minimum atomic E-state index is -0.193. The first-order chi connectivity index (χ1) is 14.7. The smallest absolute Gasteiger partial charge is 0.251 e. The van der Waals surface area contributed by atoms with Gasteiger partial charge in [0.05, 0.1) is 13.2 Å². The first kappa shape index (κ1) is 19.4. The Bertz CT molecular complexity index is 880. The van der Waals surface area contributed by atoms with Gasteiger partial charge in [-0.15, -0.1) is 0 Å². The van der Waals surface area contributed by atoms with Gasteiger partial charge in [-0.25, -0.2) is 0 Å². The van der Waals surface area contributed by atoms with E-state index in [-0.39, 0.29) is 18.1 Å². The zero-order valence-electron chi connectivity index (χ0n) is 17.1. The van der Waals surface area contributed by atoms with Gasteiger partial charge in [0.15, 0.2) is 17.6 Å². The molecule has 6 nitrogen and oxygen atoms in total. The molecule has 2 bridgehead atoms. The number of nitrogens with zero attached hydrogens (tertiary/aromatic N) is 1. The number of piperidine rings is 3. The second kappa shape index (κ2) is 8.66. The van der Waals surface area contributed by atoms with Gasteiger partial charge in [0.25, 0.3) is 5.91 Å². The van der Waals surface area contributed by atoms with Gasteiger partial charge in [-0.3, -0.25) is 4.79 Å². The summed E-state index contributed by atoms with van der Waals surface area (Å²) in [6, 6.07) is 15.7. The maximum Gasteiger partial charge on any atom is 0.251 e. The number of ether oxygens (including phenoxy) is 3. The molecule has 0 saturated carbocycles. The average Bonchev–Trinajstić information content (AvgIpc) is 2.80. The van der Waals surface area contributed by atoms with Crippen molar-refractivity contribution in [2.24, 2.45) is 5.92 Å². The van der Waals surface area contributed by atoms with Crippen molar-refractivity contribution < 1.29 is 19.0 Å². The number of carbonyl (C=O) groups is 1. The molecule has 2 aromatic carbocycles. The van der Waals surface area contributed by atoms with Gasteiger partial charge in [-0.1, -0.05) is 30.3 Å². The molecular weight excluding hydrogens is 380 g/mol. The Labute approximate surface area is 177 Å². The summed E-state index contributed by atoms with van der Waals surface area (Å²) in [6.07, 6.45) is 2.16. The largest absolute Gasteiger partial charge is 0.486 e. The zero-order chi connectivity index (χ0) is 20.3. The van der Waals surface area contributed by atoms with Crippen molar-refractivity contribution in [1.82, 2.24) is 10.2 Å². The number of hydrogen-bond acceptors (Lipinski definition) is 5. The number of carbonyl (C=O) groups excluding carboxylic acids is 1. The summed E-state index contributed by atoms with van der Waals surface area (Å²) in [5, 5.41) is 3.24. The quantitative estimate of drug-likeness (QED) is 0.797. The lowest BCUT2D eigenvalue weighted by Gasteiger charge is -2.44. The van der Waals surface area contributed by atoms with Gasteiger partial charge in [-0.2, -0.15) is 0 Å². The van der Waals surface area contributed by atoms with E-state index < -0.39 is 0 Å². The number of fused-ring (bicyclic) bond motifs is 4. The summed E-state index contributed by atoms with van der Waals surface area (Å²) >= 11 is 0. The highest BCUT2D eigenvalue weighted by Crippen LogP contribution is 2.33. The normalized spacial score (nSPS) is 26.9. The SMILES string of the molecule is O=C(NC1CN2CCC1CC2)c1ccc2c(c1)OC(COCc1ccccc1)CO2. The van der Waals surface area contributed by atoms with Crippen LogP contribution < -0.4 is 14.8 Å². The van der Waals surface area contributed by atoms with Gasteiger partial charge in [-0.05, 0) is 55.6 Å². The number of amides is 1. The van der Waals surface area contributed by atoms with Gasteiger partial charge in [0.2, 0.25) is 0 Å². The molecular formula is C24H28N2O4. The Morgan fingerprint density at radius 3 is 2.70 bits per heavy atom. The van der Waals surface area contributed by atoms with Crippen molar-refractivity contribution in [3.8, 4) is 11.5 Å². The highest BCUT2D eigenvalue weighted by atomic mass is 16.6. The standard InChI is InChI=1S/C24H28N2O4/c27-24(25-21-13-26-10-8-18(21)9-11-26)19-6-7-22-23(12-19)30-20(16-29-22)15-28-14-17-4-2-1-3-5-17/h1-7,12,18,20-21H,8-11,13-16H2,(H,25,27). The molecule has 1 amide bonds. The molecule has 158 valence electrons. The molecule has 2 aromatic rings. The second-order valence-electron chi connectivity index (χ2n) is 8.43. The van der Waals surface area contributed by atoms with Crippen LogP contribution in [0.5, 0.6) is 11.5 Å². The number of nitrogens with one attached hydrogen (secondary N) is 1. The van der Waals surface area contributed by atoms with E-state index in [1.54, 1.807) is 6.07 Å².